The van der Waals surface area contributed by atoms with E-state index in [9.17, 15) is 24.0 Å². The molecule has 2 aromatic rings. The molecule has 4 aliphatic rings. The molecule has 2 aliphatic heterocycles. The summed E-state index contributed by atoms with van der Waals surface area (Å²) in [6.07, 6.45) is 5.55. The Bertz CT molecular complexity index is 1380. The van der Waals surface area contributed by atoms with E-state index in [0.29, 0.717) is 30.9 Å². The summed E-state index contributed by atoms with van der Waals surface area (Å²) in [5.41, 5.74) is 1.70. The zero-order valence-corrected chi connectivity index (χ0v) is 23.9. The van der Waals surface area contributed by atoms with Crippen LogP contribution in [0.1, 0.15) is 66.0 Å². The van der Waals surface area contributed by atoms with Crippen molar-refractivity contribution in [1.29, 1.82) is 0 Å². The van der Waals surface area contributed by atoms with Crippen LogP contribution >= 0.6 is 11.3 Å². The quantitative estimate of drug-likeness (QED) is 0.392. The number of carbonyl (C=O) groups is 5. The molecule has 3 atom stereocenters. The number of nitrogens with one attached hydrogen (secondary N) is 3. The van der Waals surface area contributed by atoms with Gasteiger partial charge in [0.2, 0.25) is 17.6 Å². The van der Waals surface area contributed by atoms with Crippen LogP contribution in [0.25, 0.3) is 11.3 Å². The second kappa shape index (κ2) is 11.0. The Kier molecular flexibility index (Phi) is 7.39. The molecule has 1 spiro atoms. The number of benzene rings is 1. The summed E-state index contributed by atoms with van der Waals surface area (Å²) < 4.78 is 0. The van der Waals surface area contributed by atoms with E-state index >= 15 is 0 Å². The van der Waals surface area contributed by atoms with Gasteiger partial charge in [-0.05, 0) is 63.7 Å². The van der Waals surface area contributed by atoms with Gasteiger partial charge in [0.15, 0.2) is 5.01 Å². The van der Waals surface area contributed by atoms with Crippen LogP contribution < -0.4 is 16.0 Å². The molecule has 2 saturated heterocycles. The largest absolute Gasteiger partial charge is 0.356 e. The number of amides is 4. The maximum Gasteiger partial charge on any atom is 0.289 e. The van der Waals surface area contributed by atoms with E-state index < -0.39 is 35.6 Å². The Morgan fingerprint density at radius 1 is 1.12 bits per heavy atom. The number of likely N-dealkylation sites (tertiary alicyclic amines) is 1. The van der Waals surface area contributed by atoms with E-state index in [1.54, 1.807) is 4.90 Å². The molecule has 0 radical (unpaired) electrons. The van der Waals surface area contributed by atoms with E-state index in [1.165, 1.54) is 11.3 Å². The molecule has 1 aromatic carbocycles. The van der Waals surface area contributed by atoms with Crippen LogP contribution in [0.3, 0.4) is 0 Å². The van der Waals surface area contributed by atoms with Crippen molar-refractivity contribution >= 4 is 40.7 Å². The first-order valence-electron chi connectivity index (χ1n) is 14.5. The molecule has 1 aromatic heterocycles. The number of piperidine rings is 1. The highest BCUT2D eigenvalue weighted by Gasteiger charge is 2.52. The van der Waals surface area contributed by atoms with Crippen molar-refractivity contribution < 1.29 is 24.0 Å². The van der Waals surface area contributed by atoms with Gasteiger partial charge in [0.05, 0.1) is 11.7 Å². The van der Waals surface area contributed by atoms with Crippen LogP contribution in [0.4, 0.5) is 0 Å². The minimum atomic E-state index is -1.14. The van der Waals surface area contributed by atoms with Crippen molar-refractivity contribution in [2.24, 2.45) is 11.3 Å². The Morgan fingerprint density at radius 3 is 2.54 bits per heavy atom. The lowest BCUT2D eigenvalue weighted by Crippen LogP contribution is -2.58. The van der Waals surface area contributed by atoms with Gasteiger partial charge >= 0.3 is 0 Å². The van der Waals surface area contributed by atoms with Gasteiger partial charge in [-0.25, -0.2) is 4.98 Å². The minimum Gasteiger partial charge on any atom is -0.356 e. The number of carbonyl (C=O) groups excluding carboxylic acids is 5. The molecule has 216 valence electrons. The predicted octanol–water partition coefficient (Wildman–Crippen LogP) is 2.36. The fraction of sp³-hybridized carbons (Fsp3) is 0.533. The van der Waals surface area contributed by atoms with E-state index in [0.717, 1.165) is 48.2 Å². The number of hydrogen-bond donors (Lipinski definition) is 3. The average Bonchev–Trinajstić information content (AvgIpc) is 3.87. The molecule has 4 fully saturated rings. The highest BCUT2D eigenvalue weighted by atomic mass is 32.1. The third-order valence-electron chi connectivity index (χ3n) is 8.89. The van der Waals surface area contributed by atoms with Gasteiger partial charge < -0.3 is 20.9 Å². The first-order valence-corrected chi connectivity index (χ1v) is 15.3. The Morgan fingerprint density at radius 2 is 1.88 bits per heavy atom. The number of aromatic nitrogens is 1. The number of nitrogens with zero attached hydrogens (tertiary/aromatic N) is 2. The Labute approximate surface area is 242 Å². The number of aryl methyl sites for hydroxylation is 1. The summed E-state index contributed by atoms with van der Waals surface area (Å²) in [5.74, 6) is -2.90. The first kappa shape index (κ1) is 27.6. The van der Waals surface area contributed by atoms with Crippen LogP contribution in [0.15, 0.2) is 30.3 Å². The molecule has 41 heavy (non-hydrogen) atoms. The summed E-state index contributed by atoms with van der Waals surface area (Å²) in [5, 5.41) is 8.60. The predicted molar refractivity (Wildman–Crippen MR) is 152 cm³/mol. The molecule has 10 nitrogen and oxygen atoms in total. The third kappa shape index (κ3) is 5.91. The molecule has 3 heterocycles. The topological polar surface area (TPSA) is 138 Å². The fourth-order valence-corrected chi connectivity index (χ4v) is 6.91. The van der Waals surface area contributed by atoms with Crippen LogP contribution in [0.5, 0.6) is 0 Å². The molecule has 0 bridgehead atoms. The normalized spacial score (nSPS) is 23.5. The number of ketones is 1. The molecule has 4 amide bonds. The zero-order valence-electron chi connectivity index (χ0n) is 23.1. The first-order chi connectivity index (χ1) is 19.7. The van der Waals surface area contributed by atoms with E-state index in [2.05, 4.69) is 20.9 Å². The molecule has 2 aliphatic carbocycles. The highest BCUT2D eigenvalue weighted by Crippen LogP contribution is 2.55. The average molecular weight is 578 g/mol. The van der Waals surface area contributed by atoms with Crippen molar-refractivity contribution in [3.8, 4) is 11.3 Å². The van der Waals surface area contributed by atoms with Gasteiger partial charge in [0.1, 0.15) is 6.04 Å². The number of thiazole rings is 1. The smallest absolute Gasteiger partial charge is 0.289 e. The van der Waals surface area contributed by atoms with Gasteiger partial charge in [0.25, 0.3) is 11.8 Å². The summed E-state index contributed by atoms with van der Waals surface area (Å²) in [7, 11) is 0. The lowest BCUT2D eigenvalue weighted by atomic mass is 9.87. The van der Waals surface area contributed by atoms with Gasteiger partial charge in [-0.3, -0.25) is 24.0 Å². The second-order valence-corrected chi connectivity index (χ2v) is 13.1. The van der Waals surface area contributed by atoms with Gasteiger partial charge in [-0.15, -0.1) is 11.3 Å². The number of hydrogen-bond acceptors (Lipinski definition) is 7. The Balaban J connectivity index is 1.23. The van der Waals surface area contributed by atoms with E-state index in [4.69, 9.17) is 0 Å². The number of rotatable bonds is 9. The molecule has 11 heteroatoms. The summed E-state index contributed by atoms with van der Waals surface area (Å²) >= 11 is 1.31. The van der Waals surface area contributed by atoms with E-state index in [-0.39, 0.29) is 29.7 Å². The van der Waals surface area contributed by atoms with Crippen LogP contribution in [-0.2, 0) is 19.2 Å². The van der Waals surface area contributed by atoms with Crippen molar-refractivity contribution in [2.45, 2.75) is 76.4 Å². The molecule has 3 N–H and O–H groups in total. The monoisotopic (exact) mass is 577 g/mol. The molecule has 0 unspecified atom stereocenters. The molecule has 2 saturated carbocycles. The van der Waals surface area contributed by atoms with Crippen LogP contribution in [0.2, 0.25) is 0 Å². The minimum absolute atomic E-state index is 0.0127. The number of Topliss-reactive ketones (excluding diaryl/α,β-unsaturated/α-hetero) is 1. The summed E-state index contributed by atoms with van der Waals surface area (Å²) in [6.45, 7) is 2.85. The maximum atomic E-state index is 13.9. The van der Waals surface area contributed by atoms with Gasteiger partial charge in [-0.2, -0.15) is 0 Å². The fourth-order valence-electron chi connectivity index (χ4n) is 6.01. The lowest BCUT2D eigenvalue weighted by Gasteiger charge is -2.39. The lowest BCUT2D eigenvalue weighted by molar-refractivity contribution is -0.141. The highest BCUT2D eigenvalue weighted by molar-refractivity contribution is 7.14. The standard InChI is InChI=1S/C30H35N5O5S/c1-17-23(18-5-3-2-4-6-18)34-28(41-17)29(40)35-14-12-30(10-11-30)16-22(35)26(38)33-21(15-19-9-13-31-25(19)37)24(36)27(39)32-20-7-8-20/h2-6,19-22H,7-16H2,1H3,(H,31,37)(H,32,39)(H,33,38)/t19-,21-,22-/m0/s1. The van der Waals surface area contributed by atoms with Gasteiger partial charge in [-0.1, -0.05) is 30.3 Å². The summed E-state index contributed by atoms with van der Waals surface area (Å²) in [4.78, 5) is 73.1. The second-order valence-electron chi connectivity index (χ2n) is 11.9. The third-order valence-corrected chi connectivity index (χ3v) is 9.84. The molecular formula is C30H35N5O5S. The Hall–Kier alpha value is -3.60. The summed E-state index contributed by atoms with van der Waals surface area (Å²) in [6, 6.07) is 7.73. The van der Waals surface area contributed by atoms with Crippen molar-refractivity contribution in [3.63, 3.8) is 0 Å². The van der Waals surface area contributed by atoms with E-state index in [1.807, 2.05) is 37.3 Å². The SMILES string of the molecule is Cc1sc(C(=O)N2CCC3(CC3)C[C@H]2C(=O)N[C@@H](C[C@@H]2CCNC2=O)C(=O)C(=O)NC2CC2)nc1-c1ccccc1. The van der Waals surface area contributed by atoms with Gasteiger partial charge in [0, 0.05) is 35.5 Å². The van der Waals surface area contributed by atoms with Crippen LogP contribution in [0, 0.1) is 18.3 Å². The van der Waals surface area contributed by atoms with Crippen molar-refractivity contribution in [1.82, 2.24) is 25.8 Å². The molecular weight excluding hydrogens is 542 g/mol. The van der Waals surface area contributed by atoms with Crippen molar-refractivity contribution in [3.05, 3.63) is 40.2 Å². The van der Waals surface area contributed by atoms with Crippen LogP contribution in [-0.4, -0.2) is 70.5 Å². The maximum absolute atomic E-state index is 13.9. The molecule has 6 rings (SSSR count). The van der Waals surface area contributed by atoms with Crippen molar-refractivity contribution in [2.75, 3.05) is 13.1 Å². The zero-order chi connectivity index (χ0) is 28.7.